The first-order valence-electron chi connectivity index (χ1n) is 5.66. The second-order valence-electron chi connectivity index (χ2n) is 3.98. The number of fused-ring (bicyclic) bond motifs is 1. The van der Waals surface area contributed by atoms with Gasteiger partial charge >= 0.3 is 5.97 Å². The average molecular weight is 232 g/mol. The highest BCUT2D eigenvalue weighted by Crippen LogP contribution is 2.26. The van der Waals surface area contributed by atoms with E-state index >= 15 is 0 Å². The Bertz CT molecular complexity index is 442. The molecule has 2 rings (SSSR count). The molecule has 0 fully saturated rings. The summed E-state index contributed by atoms with van der Waals surface area (Å²) in [4.78, 5) is 23.1. The Morgan fingerprint density at radius 1 is 1.65 bits per heavy atom. The summed E-state index contributed by atoms with van der Waals surface area (Å²) in [6.07, 6.45) is 0.715. The van der Waals surface area contributed by atoms with E-state index in [2.05, 4.69) is 11.4 Å². The zero-order valence-corrected chi connectivity index (χ0v) is 9.66. The lowest BCUT2D eigenvalue weighted by Crippen LogP contribution is -2.31. The summed E-state index contributed by atoms with van der Waals surface area (Å²) < 4.78 is 4.86. The molecule has 4 heteroatoms. The van der Waals surface area contributed by atoms with Crippen LogP contribution in [0.15, 0.2) is 18.2 Å². The first kappa shape index (κ1) is 11.6. The van der Waals surface area contributed by atoms with Gasteiger partial charge in [-0.05, 0) is 31.0 Å². The molecular formula is C13H14NO3. The van der Waals surface area contributed by atoms with Gasteiger partial charge in [-0.1, -0.05) is 12.1 Å². The average Bonchev–Trinajstić information content (AvgIpc) is 2.30. The molecule has 1 aliphatic rings. The molecule has 0 aliphatic carbocycles. The van der Waals surface area contributed by atoms with Crippen LogP contribution in [0.5, 0.6) is 0 Å². The summed E-state index contributed by atoms with van der Waals surface area (Å²) in [5, 5.41) is 2.78. The van der Waals surface area contributed by atoms with Crippen molar-refractivity contribution in [1.82, 2.24) is 0 Å². The predicted molar refractivity (Wildman–Crippen MR) is 62.4 cm³/mol. The van der Waals surface area contributed by atoms with Gasteiger partial charge in [0.1, 0.15) is 0 Å². The molecule has 0 saturated carbocycles. The van der Waals surface area contributed by atoms with E-state index in [4.69, 9.17) is 4.74 Å². The minimum absolute atomic E-state index is 0.120. The molecule has 1 aliphatic heterocycles. The Labute approximate surface area is 100.0 Å². The van der Waals surface area contributed by atoms with Gasteiger partial charge in [0.05, 0.1) is 18.9 Å². The zero-order valence-electron chi connectivity index (χ0n) is 9.66. The molecule has 1 aromatic rings. The van der Waals surface area contributed by atoms with Crippen molar-refractivity contribution in [2.45, 2.75) is 19.8 Å². The van der Waals surface area contributed by atoms with Crippen LogP contribution >= 0.6 is 0 Å². The lowest BCUT2D eigenvalue weighted by Gasteiger charge is -2.23. The topological polar surface area (TPSA) is 55.4 Å². The summed E-state index contributed by atoms with van der Waals surface area (Å²) >= 11 is 0. The molecule has 89 valence electrons. The van der Waals surface area contributed by atoms with Crippen LogP contribution in [0.4, 0.5) is 5.69 Å². The monoisotopic (exact) mass is 232 g/mol. The van der Waals surface area contributed by atoms with Crippen molar-refractivity contribution in [2.75, 3.05) is 11.9 Å². The molecule has 1 heterocycles. The SMILES string of the molecule is CCOC(=O)CC1Cc2cc[c]cc2NC1=O. The maximum atomic E-state index is 11.8. The molecule has 1 atom stereocenters. The van der Waals surface area contributed by atoms with Gasteiger partial charge in [0, 0.05) is 5.69 Å². The number of carbonyl (C=O) groups is 2. The molecule has 0 aromatic heterocycles. The van der Waals surface area contributed by atoms with Gasteiger partial charge in [0.25, 0.3) is 0 Å². The number of benzene rings is 1. The lowest BCUT2D eigenvalue weighted by atomic mass is 9.91. The molecule has 0 saturated heterocycles. The van der Waals surface area contributed by atoms with E-state index in [0.29, 0.717) is 13.0 Å². The van der Waals surface area contributed by atoms with Gasteiger partial charge in [-0.2, -0.15) is 0 Å². The van der Waals surface area contributed by atoms with Gasteiger partial charge in [0.2, 0.25) is 5.91 Å². The van der Waals surface area contributed by atoms with E-state index < -0.39 is 0 Å². The minimum Gasteiger partial charge on any atom is -0.466 e. The minimum atomic E-state index is -0.330. The van der Waals surface area contributed by atoms with Crippen molar-refractivity contribution in [3.8, 4) is 0 Å². The quantitative estimate of drug-likeness (QED) is 0.804. The third-order valence-corrected chi connectivity index (χ3v) is 2.77. The number of ether oxygens (including phenoxy) is 1. The Morgan fingerprint density at radius 2 is 2.47 bits per heavy atom. The fourth-order valence-electron chi connectivity index (χ4n) is 1.94. The van der Waals surface area contributed by atoms with E-state index in [1.165, 1.54) is 0 Å². The molecule has 1 radical (unpaired) electrons. The molecule has 0 bridgehead atoms. The highest BCUT2D eigenvalue weighted by Gasteiger charge is 2.28. The van der Waals surface area contributed by atoms with Gasteiger partial charge in [-0.3, -0.25) is 9.59 Å². The van der Waals surface area contributed by atoms with Gasteiger partial charge in [-0.25, -0.2) is 0 Å². The molecular weight excluding hydrogens is 218 g/mol. The second-order valence-corrected chi connectivity index (χ2v) is 3.98. The normalized spacial score (nSPS) is 18.2. The number of anilines is 1. The fraction of sp³-hybridized carbons (Fsp3) is 0.385. The second kappa shape index (κ2) is 4.99. The molecule has 1 unspecified atom stereocenters. The van der Waals surface area contributed by atoms with Gasteiger partial charge < -0.3 is 10.1 Å². The van der Waals surface area contributed by atoms with Crippen LogP contribution in [0, 0.1) is 12.0 Å². The van der Waals surface area contributed by atoms with Crippen LogP contribution in [0.25, 0.3) is 0 Å². The molecule has 1 amide bonds. The fourth-order valence-corrected chi connectivity index (χ4v) is 1.94. The summed E-state index contributed by atoms with van der Waals surface area (Å²) in [5.41, 5.74) is 1.83. The maximum Gasteiger partial charge on any atom is 0.306 e. The Balaban J connectivity index is 2.07. The Morgan fingerprint density at radius 3 is 3.24 bits per heavy atom. The highest BCUT2D eigenvalue weighted by molar-refractivity contribution is 5.97. The number of rotatable bonds is 3. The number of carbonyl (C=O) groups excluding carboxylic acids is 2. The number of hydrogen-bond acceptors (Lipinski definition) is 3. The van der Waals surface area contributed by atoms with Crippen molar-refractivity contribution < 1.29 is 14.3 Å². The molecule has 0 spiro atoms. The molecule has 1 aromatic carbocycles. The van der Waals surface area contributed by atoms with E-state index in [1.807, 2.05) is 6.07 Å². The first-order chi connectivity index (χ1) is 8.20. The smallest absolute Gasteiger partial charge is 0.306 e. The standard InChI is InChI=1S/C13H14NO3/c1-2-17-12(15)8-10-7-9-5-3-4-6-11(9)14-13(10)16/h3,5-6,10H,2,7-8H2,1H3,(H,14,16). The summed E-state index contributed by atoms with van der Waals surface area (Å²) in [6, 6.07) is 8.37. The van der Waals surface area contributed by atoms with Crippen LogP contribution in [0.1, 0.15) is 18.9 Å². The van der Waals surface area contributed by atoms with Crippen molar-refractivity contribution >= 4 is 17.6 Å². The van der Waals surface area contributed by atoms with Crippen LogP contribution in [-0.4, -0.2) is 18.5 Å². The van der Waals surface area contributed by atoms with Crippen molar-refractivity contribution in [1.29, 1.82) is 0 Å². The molecule has 4 nitrogen and oxygen atoms in total. The summed E-state index contributed by atoms with van der Waals surface area (Å²) in [6.45, 7) is 2.10. The highest BCUT2D eigenvalue weighted by atomic mass is 16.5. The number of esters is 1. The van der Waals surface area contributed by atoms with Gasteiger partial charge in [-0.15, -0.1) is 0 Å². The van der Waals surface area contributed by atoms with E-state index in [-0.39, 0.29) is 24.2 Å². The first-order valence-corrected chi connectivity index (χ1v) is 5.66. The number of hydrogen-bond donors (Lipinski definition) is 1. The lowest BCUT2D eigenvalue weighted by molar-refractivity contribution is -0.145. The van der Waals surface area contributed by atoms with Crippen LogP contribution < -0.4 is 5.32 Å². The van der Waals surface area contributed by atoms with E-state index in [1.54, 1.807) is 19.1 Å². The predicted octanol–water partition coefficient (Wildman–Crippen LogP) is 1.55. The Kier molecular flexibility index (Phi) is 3.42. The van der Waals surface area contributed by atoms with E-state index in [9.17, 15) is 9.59 Å². The zero-order chi connectivity index (χ0) is 12.3. The third kappa shape index (κ3) is 2.64. The van der Waals surface area contributed by atoms with Crippen molar-refractivity contribution in [3.63, 3.8) is 0 Å². The van der Waals surface area contributed by atoms with Crippen LogP contribution in [0.2, 0.25) is 0 Å². The van der Waals surface area contributed by atoms with Crippen LogP contribution in [0.3, 0.4) is 0 Å². The summed E-state index contributed by atoms with van der Waals surface area (Å²) in [7, 11) is 0. The number of nitrogens with one attached hydrogen (secondary N) is 1. The van der Waals surface area contributed by atoms with Gasteiger partial charge in [0.15, 0.2) is 0 Å². The van der Waals surface area contributed by atoms with Crippen molar-refractivity contribution in [3.05, 3.63) is 29.8 Å². The van der Waals surface area contributed by atoms with Crippen molar-refractivity contribution in [2.24, 2.45) is 5.92 Å². The largest absolute Gasteiger partial charge is 0.466 e. The third-order valence-electron chi connectivity index (χ3n) is 2.77. The maximum absolute atomic E-state index is 11.8. The van der Waals surface area contributed by atoms with Crippen LogP contribution in [-0.2, 0) is 20.7 Å². The molecule has 1 N–H and O–H groups in total. The number of amides is 1. The Hall–Kier alpha value is -1.84. The summed E-state index contributed by atoms with van der Waals surface area (Å²) in [5.74, 6) is -0.771. The molecule has 17 heavy (non-hydrogen) atoms. The van der Waals surface area contributed by atoms with E-state index in [0.717, 1.165) is 11.3 Å².